The summed E-state index contributed by atoms with van der Waals surface area (Å²) in [6.07, 6.45) is 2.05. The van der Waals surface area contributed by atoms with Gasteiger partial charge in [-0.1, -0.05) is 36.8 Å². The lowest BCUT2D eigenvalue weighted by molar-refractivity contribution is -0.141. The highest BCUT2D eigenvalue weighted by molar-refractivity contribution is 7.92. The SMILES string of the molecule is CCNC(=O)[C@@H](CC)N(Cc1cccc(OC)c1)C(=O)CCCN(c1ccc(C)cc1)S(C)(=O)=O. The Balaban J connectivity index is 2.21. The summed E-state index contributed by atoms with van der Waals surface area (Å²) in [7, 11) is -1.94. The minimum absolute atomic E-state index is 0.109. The maximum absolute atomic E-state index is 13.4. The number of aryl methyl sites for hydroxylation is 1. The first kappa shape index (κ1) is 28.2. The van der Waals surface area contributed by atoms with Crippen molar-refractivity contribution in [3.8, 4) is 5.75 Å². The van der Waals surface area contributed by atoms with Crippen LogP contribution in [0.25, 0.3) is 0 Å². The summed E-state index contributed by atoms with van der Waals surface area (Å²) in [5, 5.41) is 2.82. The summed E-state index contributed by atoms with van der Waals surface area (Å²) < 4.78 is 31.4. The summed E-state index contributed by atoms with van der Waals surface area (Å²) in [4.78, 5) is 27.7. The van der Waals surface area contributed by atoms with Crippen LogP contribution in [0.4, 0.5) is 5.69 Å². The number of nitrogens with zero attached hydrogens (tertiary/aromatic N) is 2. The highest BCUT2D eigenvalue weighted by Gasteiger charge is 2.28. The molecule has 2 aromatic carbocycles. The molecule has 0 spiro atoms. The minimum atomic E-state index is -3.52. The topological polar surface area (TPSA) is 96.0 Å². The number of ether oxygens (including phenoxy) is 1. The first-order chi connectivity index (χ1) is 16.6. The van der Waals surface area contributed by atoms with Crippen molar-refractivity contribution in [3.63, 3.8) is 0 Å². The highest BCUT2D eigenvalue weighted by atomic mass is 32.2. The van der Waals surface area contributed by atoms with Crippen molar-refractivity contribution in [2.24, 2.45) is 0 Å². The van der Waals surface area contributed by atoms with Crippen molar-refractivity contribution in [3.05, 3.63) is 59.7 Å². The summed E-state index contributed by atoms with van der Waals surface area (Å²) in [5.41, 5.74) is 2.44. The molecule has 0 aromatic heterocycles. The molecule has 0 saturated heterocycles. The van der Waals surface area contributed by atoms with Gasteiger partial charge in [-0.25, -0.2) is 8.42 Å². The molecule has 1 atom stereocenters. The van der Waals surface area contributed by atoms with Crippen LogP contribution in [0.5, 0.6) is 5.75 Å². The Morgan fingerprint density at radius 3 is 2.34 bits per heavy atom. The summed E-state index contributed by atoms with van der Waals surface area (Å²) in [6.45, 7) is 6.52. The van der Waals surface area contributed by atoms with Crippen molar-refractivity contribution >= 4 is 27.5 Å². The van der Waals surface area contributed by atoms with E-state index in [9.17, 15) is 18.0 Å². The summed E-state index contributed by atoms with van der Waals surface area (Å²) in [6, 6.07) is 14.0. The maximum atomic E-state index is 13.4. The molecule has 0 radical (unpaired) electrons. The zero-order valence-corrected chi connectivity index (χ0v) is 22.1. The first-order valence-electron chi connectivity index (χ1n) is 11.8. The number of methoxy groups -OCH3 is 1. The number of hydrogen-bond acceptors (Lipinski definition) is 5. The molecular formula is C26H37N3O5S. The number of sulfonamides is 1. The molecule has 0 heterocycles. The van der Waals surface area contributed by atoms with Gasteiger partial charge in [0.25, 0.3) is 0 Å². The van der Waals surface area contributed by atoms with Crippen LogP contribution >= 0.6 is 0 Å². The smallest absolute Gasteiger partial charge is 0.242 e. The third-order valence-corrected chi connectivity index (χ3v) is 6.89. The summed E-state index contributed by atoms with van der Waals surface area (Å²) >= 11 is 0. The molecule has 0 bridgehead atoms. The van der Waals surface area contributed by atoms with Crippen molar-refractivity contribution in [1.29, 1.82) is 0 Å². The van der Waals surface area contributed by atoms with E-state index in [1.165, 1.54) is 4.31 Å². The van der Waals surface area contributed by atoms with Crippen molar-refractivity contribution in [1.82, 2.24) is 10.2 Å². The molecule has 0 unspecified atom stereocenters. The second kappa shape index (κ2) is 13.1. The number of likely N-dealkylation sites (N-methyl/N-ethyl adjacent to an activating group) is 1. The minimum Gasteiger partial charge on any atom is -0.497 e. The lowest BCUT2D eigenvalue weighted by Gasteiger charge is -2.31. The summed E-state index contributed by atoms with van der Waals surface area (Å²) in [5.74, 6) is 0.259. The van der Waals surface area contributed by atoms with Crippen LogP contribution in [-0.4, -0.2) is 57.6 Å². The monoisotopic (exact) mass is 503 g/mol. The number of amides is 2. The van der Waals surface area contributed by atoms with Crippen LogP contribution in [0.15, 0.2) is 48.5 Å². The number of carbonyl (C=O) groups is 2. The van der Waals surface area contributed by atoms with Crippen LogP contribution in [-0.2, 0) is 26.2 Å². The lowest BCUT2D eigenvalue weighted by atomic mass is 10.1. The molecular weight excluding hydrogens is 466 g/mol. The van der Waals surface area contributed by atoms with Crippen LogP contribution in [0.2, 0.25) is 0 Å². The second-order valence-corrected chi connectivity index (χ2v) is 10.4. The fourth-order valence-electron chi connectivity index (χ4n) is 3.89. The van der Waals surface area contributed by atoms with Gasteiger partial charge in [-0.2, -0.15) is 0 Å². The molecule has 2 amide bonds. The van der Waals surface area contributed by atoms with E-state index in [-0.39, 0.29) is 31.3 Å². The average molecular weight is 504 g/mol. The van der Waals surface area contributed by atoms with Gasteiger partial charge in [0.05, 0.1) is 19.1 Å². The average Bonchev–Trinajstić information content (AvgIpc) is 2.82. The first-order valence-corrected chi connectivity index (χ1v) is 13.7. The molecule has 2 rings (SSSR count). The second-order valence-electron chi connectivity index (χ2n) is 8.47. The van der Waals surface area contributed by atoms with Crippen molar-refractivity contribution in [2.45, 2.75) is 52.6 Å². The van der Waals surface area contributed by atoms with Crippen LogP contribution in [0.3, 0.4) is 0 Å². The number of hydrogen-bond donors (Lipinski definition) is 1. The molecule has 0 saturated carbocycles. The van der Waals surface area contributed by atoms with Crippen LogP contribution < -0.4 is 14.4 Å². The van der Waals surface area contributed by atoms with Gasteiger partial charge in [0, 0.05) is 26.1 Å². The van der Waals surface area contributed by atoms with Crippen molar-refractivity contribution < 1.29 is 22.7 Å². The molecule has 35 heavy (non-hydrogen) atoms. The number of rotatable bonds is 13. The maximum Gasteiger partial charge on any atom is 0.242 e. The molecule has 0 aliphatic rings. The molecule has 0 aliphatic carbocycles. The zero-order valence-electron chi connectivity index (χ0n) is 21.3. The van der Waals surface area contributed by atoms with E-state index < -0.39 is 16.1 Å². The van der Waals surface area contributed by atoms with E-state index in [0.29, 0.717) is 30.8 Å². The molecule has 2 aromatic rings. The quantitative estimate of drug-likeness (QED) is 0.451. The van der Waals surface area contributed by atoms with E-state index >= 15 is 0 Å². The van der Waals surface area contributed by atoms with Gasteiger partial charge in [0.1, 0.15) is 11.8 Å². The molecule has 1 N–H and O–H groups in total. The van der Waals surface area contributed by atoms with E-state index in [1.54, 1.807) is 24.1 Å². The third kappa shape index (κ3) is 8.28. The highest BCUT2D eigenvalue weighted by Crippen LogP contribution is 2.21. The van der Waals surface area contributed by atoms with Gasteiger partial charge in [-0.15, -0.1) is 0 Å². The van der Waals surface area contributed by atoms with E-state index in [2.05, 4.69) is 5.32 Å². The zero-order chi connectivity index (χ0) is 26.0. The number of anilines is 1. The largest absolute Gasteiger partial charge is 0.497 e. The number of carbonyl (C=O) groups excluding carboxylic acids is 2. The Kier molecular flexibility index (Phi) is 10.6. The van der Waals surface area contributed by atoms with E-state index in [1.807, 2.05) is 57.2 Å². The fraction of sp³-hybridized carbons (Fsp3) is 0.462. The molecule has 0 fully saturated rings. The standard InChI is InChI=1S/C26H37N3O5S/c1-6-24(26(31)27-7-2)28(19-21-10-8-11-23(18-21)34-4)25(30)12-9-17-29(35(5,32)33)22-15-13-20(3)14-16-22/h8,10-11,13-16,18,24H,6-7,9,12,17,19H2,1-5H3,(H,27,31)/t24-/m1/s1. The van der Waals surface area contributed by atoms with E-state index in [0.717, 1.165) is 17.4 Å². The van der Waals surface area contributed by atoms with Crippen molar-refractivity contribution in [2.75, 3.05) is 30.8 Å². The molecule has 9 heteroatoms. The predicted molar refractivity (Wildman–Crippen MR) is 139 cm³/mol. The number of nitrogens with one attached hydrogen (secondary N) is 1. The van der Waals surface area contributed by atoms with Crippen LogP contribution in [0, 0.1) is 6.92 Å². The Morgan fingerprint density at radius 2 is 1.77 bits per heavy atom. The van der Waals surface area contributed by atoms with Crippen LogP contribution in [0.1, 0.15) is 44.2 Å². The fourth-order valence-corrected chi connectivity index (χ4v) is 4.86. The van der Waals surface area contributed by atoms with Gasteiger partial charge in [-0.3, -0.25) is 13.9 Å². The van der Waals surface area contributed by atoms with E-state index in [4.69, 9.17) is 4.74 Å². The lowest BCUT2D eigenvalue weighted by Crippen LogP contribution is -2.49. The van der Waals surface area contributed by atoms with Gasteiger partial charge in [0.15, 0.2) is 0 Å². The Morgan fingerprint density at radius 1 is 1.09 bits per heavy atom. The van der Waals surface area contributed by atoms with Gasteiger partial charge < -0.3 is 15.0 Å². The van der Waals surface area contributed by atoms with Gasteiger partial charge >= 0.3 is 0 Å². The number of benzene rings is 2. The Bertz CT molecular complexity index is 1090. The molecule has 8 nitrogen and oxygen atoms in total. The molecule has 192 valence electrons. The predicted octanol–water partition coefficient (Wildman–Crippen LogP) is 3.49. The molecule has 0 aliphatic heterocycles. The normalized spacial score (nSPS) is 12.0. The third-order valence-electron chi connectivity index (χ3n) is 5.70. The van der Waals surface area contributed by atoms with Gasteiger partial charge in [-0.05, 0) is 56.5 Å². The Labute approximate surface area is 209 Å². The Hall–Kier alpha value is -3.07. The van der Waals surface area contributed by atoms with Gasteiger partial charge in [0.2, 0.25) is 21.8 Å².